The molecule has 2 rings (SSSR count). The summed E-state index contributed by atoms with van der Waals surface area (Å²) >= 11 is 11.7. The molecule has 27 heavy (non-hydrogen) atoms. The Kier molecular flexibility index (Phi) is 6.74. The van der Waals surface area contributed by atoms with Crippen LogP contribution in [0, 0.1) is 0 Å². The second kappa shape index (κ2) is 8.64. The first kappa shape index (κ1) is 21.1. The highest BCUT2D eigenvalue weighted by Crippen LogP contribution is 2.31. The van der Waals surface area contributed by atoms with E-state index in [4.69, 9.17) is 23.2 Å². The highest BCUT2D eigenvalue weighted by Gasteiger charge is 2.39. The predicted octanol–water partition coefficient (Wildman–Crippen LogP) is 1.67. The molecule has 144 valence electrons. The quantitative estimate of drug-likeness (QED) is 0.493. The van der Waals surface area contributed by atoms with Crippen LogP contribution in [0.15, 0.2) is 55.5 Å². The van der Waals surface area contributed by atoms with Crippen LogP contribution in [0.1, 0.15) is 0 Å². The van der Waals surface area contributed by atoms with Crippen LogP contribution >= 0.6 is 23.2 Å². The Hall–Kier alpha value is -2.23. The van der Waals surface area contributed by atoms with Gasteiger partial charge in [0.25, 0.3) is 0 Å². The van der Waals surface area contributed by atoms with Crippen LogP contribution in [0.3, 0.4) is 0 Å². The maximum atomic E-state index is 13.2. The number of halogens is 2. The SMILES string of the molecule is COC(=O)C=C1C=C(Cl)C=NC1S(=O)(=O)C1N=CC(Cl)=CC1=CC(=O)OC. The molecule has 2 atom stereocenters. The second-order valence-electron chi connectivity index (χ2n) is 5.24. The topological polar surface area (TPSA) is 111 Å². The lowest BCUT2D eigenvalue weighted by Gasteiger charge is -2.24. The van der Waals surface area contributed by atoms with Gasteiger partial charge in [-0.2, -0.15) is 0 Å². The number of dihydropyridines is 2. The molecule has 2 unspecified atom stereocenters. The van der Waals surface area contributed by atoms with Gasteiger partial charge in [0, 0.05) is 35.7 Å². The first-order valence-electron chi connectivity index (χ1n) is 7.31. The number of carbonyl (C=O) groups is 2. The van der Waals surface area contributed by atoms with Crippen LogP contribution in [0.5, 0.6) is 0 Å². The van der Waals surface area contributed by atoms with E-state index in [-0.39, 0.29) is 21.2 Å². The first-order valence-corrected chi connectivity index (χ1v) is 9.68. The molecule has 0 N–H and O–H groups in total. The minimum atomic E-state index is -4.19. The van der Waals surface area contributed by atoms with Gasteiger partial charge in [0.2, 0.25) is 9.84 Å². The van der Waals surface area contributed by atoms with E-state index >= 15 is 0 Å². The van der Waals surface area contributed by atoms with Crippen LogP contribution in [0.4, 0.5) is 0 Å². The van der Waals surface area contributed by atoms with Gasteiger partial charge in [-0.3, -0.25) is 9.98 Å². The Labute approximate surface area is 165 Å². The molecule has 0 aromatic rings. The van der Waals surface area contributed by atoms with Crippen molar-refractivity contribution >= 4 is 57.4 Å². The molecule has 0 radical (unpaired) electrons. The molecule has 0 aromatic carbocycles. The number of rotatable bonds is 4. The number of sulfone groups is 1. The van der Waals surface area contributed by atoms with Crippen LogP contribution in [-0.2, 0) is 28.9 Å². The van der Waals surface area contributed by atoms with Crippen molar-refractivity contribution in [3.05, 3.63) is 45.5 Å². The summed E-state index contributed by atoms with van der Waals surface area (Å²) < 4.78 is 35.4. The van der Waals surface area contributed by atoms with Crippen molar-refractivity contribution < 1.29 is 27.5 Å². The maximum Gasteiger partial charge on any atom is 0.330 e. The van der Waals surface area contributed by atoms with Gasteiger partial charge in [-0.05, 0) is 12.2 Å². The fourth-order valence-electron chi connectivity index (χ4n) is 2.27. The molecule has 2 aliphatic rings. The minimum Gasteiger partial charge on any atom is -0.466 e. The average molecular weight is 433 g/mol. The Balaban J connectivity index is 2.52. The lowest BCUT2D eigenvalue weighted by molar-refractivity contribution is -0.135. The molecule has 0 saturated heterocycles. The summed E-state index contributed by atoms with van der Waals surface area (Å²) in [6, 6.07) is 0. The van der Waals surface area contributed by atoms with Gasteiger partial charge >= 0.3 is 11.9 Å². The van der Waals surface area contributed by atoms with Crippen molar-refractivity contribution in [3.63, 3.8) is 0 Å². The van der Waals surface area contributed by atoms with E-state index in [1.54, 1.807) is 0 Å². The Morgan fingerprint density at radius 3 is 1.63 bits per heavy atom. The highest BCUT2D eigenvalue weighted by atomic mass is 35.5. The number of hydrogen-bond donors (Lipinski definition) is 0. The number of aliphatic imine (C=N–C) groups is 2. The van der Waals surface area contributed by atoms with E-state index < -0.39 is 32.5 Å². The number of methoxy groups -OCH3 is 2. The molecule has 2 heterocycles. The maximum absolute atomic E-state index is 13.2. The largest absolute Gasteiger partial charge is 0.466 e. The van der Waals surface area contributed by atoms with Gasteiger partial charge in [0.1, 0.15) is 0 Å². The van der Waals surface area contributed by atoms with Crippen LogP contribution in [0.25, 0.3) is 0 Å². The highest BCUT2D eigenvalue weighted by molar-refractivity contribution is 7.93. The van der Waals surface area contributed by atoms with Gasteiger partial charge in [-0.25, -0.2) is 18.0 Å². The third kappa shape index (κ3) is 4.94. The van der Waals surface area contributed by atoms with Gasteiger partial charge in [0.15, 0.2) is 10.7 Å². The summed E-state index contributed by atoms with van der Waals surface area (Å²) in [4.78, 5) is 31.0. The summed E-state index contributed by atoms with van der Waals surface area (Å²) in [6.07, 6.45) is 6.81. The van der Waals surface area contributed by atoms with Crippen molar-refractivity contribution in [2.75, 3.05) is 14.2 Å². The number of carbonyl (C=O) groups excluding carboxylic acids is 2. The van der Waals surface area contributed by atoms with E-state index in [9.17, 15) is 18.0 Å². The van der Waals surface area contributed by atoms with Crippen LogP contribution in [0.2, 0.25) is 0 Å². The lowest BCUT2D eigenvalue weighted by atomic mass is 10.2. The number of ether oxygens (including phenoxy) is 2. The fraction of sp³-hybridized carbons (Fsp3) is 0.250. The molecule has 2 aliphatic heterocycles. The van der Waals surface area contributed by atoms with E-state index in [2.05, 4.69) is 19.5 Å². The molecule has 0 fully saturated rings. The molecule has 11 heteroatoms. The van der Waals surface area contributed by atoms with Crippen molar-refractivity contribution in [2.45, 2.75) is 10.7 Å². The predicted molar refractivity (Wildman–Crippen MR) is 102 cm³/mol. The summed E-state index contributed by atoms with van der Waals surface area (Å²) in [7, 11) is -1.90. The van der Waals surface area contributed by atoms with Gasteiger partial charge in [-0.1, -0.05) is 23.2 Å². The van der Waals surface area contributed by atoms with Gasteiger partial charge in [-0.15, -0.1) is 0 Å². The van der Waals surface area contributed by atoms with Crippen molar-refractivity contribution in [3.8, 4) is 0 Å². The molecule has 0 spiro atoms. The zero-order valence-corrected chi connectivity index (χ0v) is 16.5. The zero-order valence-electron chi connectivity index (χ0n) is 14.1. The summed E-state index contributed by atoms with van der Waals surface area (Å²) in [5, 5.41) is -2.69. The monoisotopic (exact) mass is 432 g/mol. The first-order chi connectivity index (χ1) is 12.7. The van der Waals surface area contributed by atoms with Crippen molar-refractivity contribution in [2.24, 2.45) is 9.98 Å². The third-order valence-electron chi connectivity index (χ3n) is 3.44. The normalized spacial score (nSPS) is 25.2. The van der Waals surface area contributed by atoms with Crippen LogP contribution < -0.4 is 0 Å². The van der Waals surface area contributed by atoms with Gasteiger partial charge in [0.05, 0.1) is 24.3 Å². The molecule has 0 aliphatic carbocycles. The molecular formula is C16H14Cl2N2O6S. The van der Waals surface area contributed by atoms with E-state index in [1.165, 1.54) is 12.2 Å². The Morgan fingerprint density at radius 2 is 1.30 bits per heavy atom. The molecule has 0 saturated carbocycles. The van der Waals surface area contributed by atoms with E-state index in [0.717, 1.165) is 38.8 Å². The third-order valence-corrected chi connectivity index (χ3v) is 5.89. The van der Waals surface area contributed by atoms with Crippen molar-refractivity contribution in [1.82, 2.24) is 0 Å². The Bertz CT molecular complexity index is 874. The number of hydrogen-bond acceptors (Lipinski definition) is 8. The smallest absolute Gasteiger partial charge is 0.330 e. The second-order valence-corrected chi connectivity index (χ2v) is 8.19. The Morgan fingerprint density at radius 1 is 0.926 bits per heavy atom. The van der Waals surface area contributed by atoms with Gasteiger partial charge < -0.3 is 9.47 Å². The molecule has 0 bridgehead atoms. The molecule has 0 aromatic heterocycles. The number of esters is 2. The van der Waals surface area contributed by atoms with E-state index in [0.29, 0.717) is 0 Å². The molecular weight excluding hydrogens is 419 g/mol. The summed E-state index contributed by atoms with van der Waals surface area (Å²) in [5.41, 5.74) is 0.00485. The minimum absolute atomic E-state index is 0.00242. The summed E-state index contributed by atoms with van der Waals surface area (Å²) in [5.74, 6) is -1.55. The summed E-state index contributed by atoms with van der Waals surface area (Å²) in [6.45, 7) is 0. The zero-order chi connectivity index (χ0) is 20.2. The molecule has 8 nitrogen and oxygen atoms in total. The number of nitrogens with zero attached hydrogens (tertiary/aromatic N) is 2. The standard InChI is InChI=1S/C16H14Cl2N2O6S/c1-25-13(21)5-9-3-11(17)7-19-15(9)27(23,24)16-10(6-14(22)26-2)4-12(18)8-20-16/h3-8,15-16H,1-2H3. The average Bonchev–Trinajstić information content (AvgIpc) is 2.61. The van der Waals surface area contributed by atoms with E-state index in [1.807, 2.05) is 0 Å². The fourth-order valence-corrected chi connectivity index (χ4v) is 4.37. The van der Waals surface area contributed by atoms with Crippen molar-refractivity contribution in [1.29, 1.82) is 0 Å². The number of allylic oxidation sites excluding steroid dienone is 2. The lowest BCUT2D eigenvalue weighted by Crippen LogP contribution is -2.34. The molecule has 0 amide bonds. The van der Waals surface area contributed by atoms with Crippen LogP contribution in [-0.4, -0.2) is 57.8 Å².